The topological polar surface area (TPSA) is 84.2 Å². The van der Waals surface area contributed by atoms with Crippen LogP contribution in [0.5, 0.6) is 0 Å². The summed E-state index contributed by atoms with van der Waals surface area (Å²) in [6.45, 7) is 1.77. The van der Waals surface area contributed by atoms with Crippen LogP contribution in [0, 0.1) is 11.3 Å². The summed E-state index contributed by atoms with van der Waals surface area (Å²) in [5.41, 5.74) is -1.19. The van der Waals surface area contributed by atoms with Crippen molar-refractivity contribution in [2.45, 2.75) is 24.1 Å². The molecule has 0 aliphatic carbocycles. The summed E-state index contributed by atoms with van der Waals surface area (Å²) < 4.78 is 30.5. The summed E-state index contributed by atoms with van der Waals surface area (Å²) in [6, 6.07) is 18.6. The first-order valence-electron chi connectivity index (χ1n) is 7.88. The predicted octanol–water partition coefficient (Wildman–Crippen LogP) is 2.61. The molecule has 1 atom stereocenters. The van der Waals surface area contributed by atoms with E-state index < -0.39 is 24.1 Å². The molecule has 130 valence electrons. The Morgan fingerprint density at radius 3 is 2.16 bits per heavy atom. The summed E-state index contributed by atoms with van der Waals surface area (Å²) in [4.78, 5) is 12.5. The van der Waals surface area contributed by atoms with Crippen LogP contribution >= 0.6 is 0 Å². The van der Waals surface area contributed by atoms with Gasteiger partial charge in [0.1, 0.15) is 0 Å². The Bertz CT molecular complexity index is 857. The first-order chi connectivity index (χ1) is 12.0. The zero-order valence-electron chi connectivity index (χ0n) is 13.9. The van der Waals surface area contributed by atoms with Crippen LogP contribution in [0.15, 0.2) is 60.7 Å². The van der Waals surface area contributed by atoms with Gasteiger partial charge < -0.3 is 0 Å². The molecule has 2 rings (SSSR count). The molecule has 0 heterocycles. The Kier molecular flexibility index (Phi) is 6.08. The van der Waals surface area contributed by atoms with Crippen molar-refractivity contribution in [3.8, 4) is 6.07 Å². The van der Waals surface area contributed by atoms with Crippen molar-refractivity contribution < 1.29 is 17.2 Å². The van der Waals surface area contributed by atoms with Gasteiger partial charge >= 0.3 is 149 Å². The molecule has 0 amide bonds. The zero-order valence-corrected chi connectivity index (χ0v) is 15.6. The van der Waals surface area contributed by atoms with Crippen LogP contribution in [-0.2, 0) is 22.6 Å². The summed E-state index contributed by atoms with van der Waals surface area (Å²) in [5, 5.41) is 9.49. The number of carbonyl (C=O) groups is 1. The van der Waals surface area contributed by atoms with Crippen molar-refractivity contribution in [3.63, 3.8) is 0 Å². The Labute approximate surface area is 148 Å². The maximum atomic E-state index is 12.6. The van der Waals surface area contributed by atoms with E-state index in [0.717, 1.165) is 0 Å². The van der Waals surface area contributed by atoms with Gasteiger partial charge in [0.2, 0.25) is 0 Å². The fraction of sp³-hybridized carbons (Fsp3) is 0.263. The summed E-state index contributed by atoms with van der Waals surface area (Å²) in [6.07, 6.45) is -0.145. The van der Waals surface area contributed by atoms with Crippen LogP contribution in [0.25, 0.3) is 0 Å². The van der Waals surface area contributed by atoms with Gasteiger partial charge in [0.25, 0.3) is 0 Å². The van der Waals surface area contributed by atoms with Gasteiger partial charge in [0.15, 0.2) is 0 Å². The van der Waals surface area contributed by atoms with E-state index in [1.807, 2.05) is 6.07 Å². The molecule has 0 N–H and O–H groups in total. The third-order valence-electron chi connectivity index (χ3n) is 3.93. The van der Waals surface area contributed by atoms with Crippen molar-refractivity contribution in [2.75, 3.05) is 6.61 Å². The third-order valence-corrected chi connectivity index (χ3v) is 7.56. The molecule has 0 aromatic heterocycles. The van der Waals surface area contributed by atoms with Crippen molar-refractivity contribution in [3.05, 3.63) is 66.2 Å². The van der Waals surface area contributed by atoms with Gasteiger partial charge in [0.05, 0.1) is 0 Å². The van der Waals surface area contributed by atoms with Crippen molar-refractivity contribution in [1.82, 2.24) is 0 Å². The maximum absolute atomic E-state index is 12.6. The van der Waals surface area contributed by atoms with E-state index in [1.165, 1.54) is 12.1 Å². The third kappa shape index (κ3) is 4.14. The number of carbonyl (C=O) groups excluding carboxylic acids is 1. The van der Waals surface area contributed by atoms with E-state index in [-0.39, 0.29) is 22.8 Å². The van der Waals surface area contributed by atoms with E-state index >= 15 is 0 Å². The average Bonchev–Trinajstić information content (AvgIpc) is 2.64. The number of nitrogens with zero attached hydrogens (tertiary/aromatic N) is 1. The second kappa shape index (κ2) is 8.06. The van der Waals surface area contributed by atoms with Gasteiger partial charge in [-0.25, -0.2) is 0 Å². The minimum absolute atomic E-state index is 0.118. The number of ether oxygens (including phenoxy) is 1. The molecule has 0 radical (unpaired) electrons. The number of benzene rings is 2. The Morgan fingerprint density at radius 1 is 1.08 bits per heavy atom. The molecule has 0 saturated carbocycles. The predicted molar refractivity (Wildman–Crippen MR) is 93.0 cm³/mol. The number of rotatable bonds is 7. The first kappa shape index (κ1) is 18.9. The van der Waals surface area contributed by atoms with Gasteiger partial charge in [-0.3, -0.25) is 0 Å². The molecule has 2 aromatic carbocycles. The van der Waals surface area contributed by atoms with Crippen LogP contribution in [0.1, 0.15) is 18.9 Å². The number of hydrogen-bond donors (Lipinski definition) is 0. The first-order valence-corrected chi connectivity index (χ1v) is 11.3. The zero-order chi connectivity index (χ0) is 18.3. The van der Waals surface area contributed by atoms with Crippen LogP contribution in [0.3, 0.4) is 0 Å². The summed E-state index contributed by atoms with van der Waals surface area (Å²) in [5.74, 6) is -0.718. The second-order valence-electron chi connectivity index (χ2n) is 5.49. The molecule has 0 fully saturated rings. The summed E-state index contributed by atoms with van der Waals surface area (Å²) >= 11 is -4.47. The summed E-state index contributed by atoms with van der Waals surface area (Å²) in [7, 11) is 0. The molecule has 25 heavy (non-hydrogen) atoms. The molecule has 1 unspecified atom stereocenters. The minimum atomic E-state index is -4.47. The van der Waals surface area contributed by atoms with E-state index in [9.17, 15) is 17.7 Å². The van der Waals surface area contributed by atoms with E-state index in [0.29, 0.717) is 5.56 Å². The van der Waals surface area contributed by atoms with Gasteiger partial charge in [-0.1, -0.05) is 0 Å². The van der Waals surface area contributed by atoms with Crippen molar-refractivity contribution in [1.29, 1.82) is 5.26 Å². The van der Waals surface area contributed by atoms with Crippen LogP contribution < -0.4 is 4.46 Å². The number of esters is 1. The standard InChI is InChI=1S/C19H19NO4Se/c1-2-24-18(21)19(15-20,16-9-5-3-6-10-16)13-14-25(22,23)17-11-7-4-8-12-17/h3-12H,2,13-14H2,1H3. The van der Waals surface area contributed by atoms with E-state index in [4.69, 9.17) is 4.74 Å². The van der Waals surface area contributed by atoms with Gasteiger partial charge in [0, 0.05) is 0 Å². The Hall–Kier alpha value is -2.48. The molecular weight excluding hydrogens is 385 g/mol. The second-order valence-corrected chi connectivity index (χ2v) is 9.91. The monoisotopic (exact) mass is 405 g/mol. The molecular formula is C19H19NO4Se. The molecule has 0 aliphatic rings. The molecule has 0 bridgehead atoms. The van der Waals surface area contributed by atoms with Gasteiger partial charge in [-0.15, -0.1) is 0 Å². The molecule has 2 aromatic rings. The van der Waals surface area contributed by atoms with Crippen molar-refractivity contribution >= 4 is 23.1 Å². The van der Waals surface area contributed by atoms with E-state index in [1.54, 1.807) is 55.5 Å². The number of nitriles is 1. The van der Waals surface area contributed by atoms with E-state index in [2.05, 4.69) is 0 Å². The molecule has 6 heteroatoms. The van der Waals surface area contributed by atoms with Gasteiger partial charge in [-0.2, -0.15) is 0 Å². The SMILES string of the molecule is CCOC(=O)C(C#N)(CC[Se](=O)(=O)c1ccccc1)c1ccccc1. The van der Waals surface area contributed by atoms with Crippen LogP contribution in [-0.4, -0.2) is 25.3 Å². The number of hydrogen-bond acceptors (Lipinski definition) is 5. The average molecular weight is 404 g/mol. The fourth-order valence-corrected chi connectivity index (χ4v) is 5.44. The molecule has 0 spiro atoms. The Balaban J connectivity index is 2.38. The van der Waals surface area contributed by atoms with Crippen LogP contribution in [0.4, 0.5) is 0 Å². The van der Waals surface area contributed by atoms with Crippen LogP contribution in [0.2, 0.25) is 5.32 Å². The fourth-order valence-electron chi connectivity index (χ4n) is 2.54. The normalized spacial score (nSPS) is 13.4. The quantitative estimate of drug-likeness (QED) is 0.523. The van der Waals surface area contributed by atoms with Gasteiger partial charge in [-0.05, 0) is 0 Å². The molecule has 5 nitrogen and oxygen atoms in total. The van der Waals surface area contributed by atoms with Crippen molar-refractivity contribution in [2.24, 2.45) is 0 Å². The Morgan fingerprint density at radius 2 is 1.64 bits per heavy atom. The molecule has 0 saturated heterocycles. The molecule has 0 aliphatic heterocycles.